The summed E-state index contributed by atoms with van der Waals surface area (Å²) in [7, 11) is 0. The molecular formula is C11H11FN4S. The number of aromatic amines is 1. The van der Waals surface area contributed by atoms with Crippen molar-refractivity contribution in [1.82, 2.24) is 14.9 Å². The Hall–Kier alpha value is -1.82. The van der Waals surface area contributed by atoms with Crippen molar-refractivity contribution >= 4 is 18.4 Å². The molecule has 2 rings (SSSR count). The van der Waals surface area contributed by atoms with Gasteiger partial charge in [0, 0.05) is 6.42 Å². The van der Waals surface area contributed by atoms with Crippen LogP contribution in [0.5, 0.6) is 0 Å². The predicted molar refractivity (Wildman–Crippen MR) is 66.2 cm³/mol. The van der Waals surface area contributed by atoms with Gasteiger partial charge in [-0.15, -0.1) is 0 Å². The second-order valence-electron chi connectivity index (χ2n) is 3.41. The zero-order valence-corrected chi connectivity index (χ0v) is 10.0. The molecule has 1 aromatic carbocycles. The second-order valence-corrected chi connectivity index (χ2v) is 3.79. The van der Waals surface area contributed by atoms with Crippen LogP contribution in [0.15, 0.2) is 29.4 Å². The molecule has 17 heavy (non-hydrogen) atoms. The molecule has 1 heterocycles. The van der Waals surface area contributed by atoms with E-state index in [-0.39, 0.29) is 5.82 Å². The lowest BCUT2D eigenvalue weighted by atomic mass is 10.2. The topological polar surface area (TPSA) is 46.0 Å². The van der Waals surface area contributed by atoms with E-state index in [4.69, 9.17) is 12.2 Å². The quantitative estimate of drug-likeness (QED) is 0.672. The molecule has 1 N–H and O–H groups in total. The van der Waals surface area contributed by atoms with Crippen LogP contribution in [0.4, 0.5) is 4.39 Å². The highest BCUT2D eigenvalue weighted by molar-refractivity contribution is 7.71. The Morgan fingerprint density at radius 3 is 2.82 bits per heavy atom. The molecule has 0 unspecified atom stereocenters. The summed E-state index contributed by atoms with van der Waals surface area (Å²) in [5.74, 6) is 0.490. The van der Waals surface area contributed by atoms with E-state index in [0.717, 1.165) is 17.8 Å². The Balaban J connectivity index is 2.28. The number of aryl methyl sites for hydroxylation is 1. The summed E-state index contributed by atoms with van der Waals surface area (Å²) in [4.78, 5) is 0. The average molecular weight is 250 g/mol. The van der Waals surface area contributed by atoms with Crippen LogP contribution in [0.3, 0.4) is 0 Å². The van der Waals surface area contributed by atoms with Crippen molar-refractivity contribution in [2.24, 2.45) is 5.10 Å². The maximum atomic E-state index is 12.7. The number of H-pyrrole nitrogens is 1. The fraction of sp³-hybridized carbons (Fsp3) is 0.182. The molecule has 0 atom stereocenters. The van der Waals surface area contributed by atoms with Crippen LogP contribution >= 0.6 is 12.2 Å². The number of rotatable bonds is 3. The first-order valence-electron chi connectivity index (χ1n) is 5.17. The van der Waals surface area contributed by atoms with E-state index in [1.807, 2.05) is 6.92 Å². The molecule has 4 nitrogen and oxygen atoms in total. The minimum Gasteiger partial charge on any atom is -0.250 e. The first-order chi connectivity index (χ1) is 8.20. The van der Waals surface area contributed by atoms with Gasteiger partial charge in [0.05, 0.1) is 6.21 Å². The summed E-state index contributed by atoms with van der Waals surface area (Å²) in [6, 6.07) is 6.07. The van der Waals surface area contributed by atoms with Gasteiger partial charge in [0.25, 0.3) is 0 Å². The van der Waals surface area contributed by atoms with E-state index in [2.05, 4.69) is 15.3 Å². The van der Waals surface area contributed by atoms with E-state index < -0.39 is 0 Å². The van der Waals surface area contributed by atoms with Gasteiger partial charge in [-0.25, -0.2) is 4.39 Å². The van der Waals surface area contributed by atoms with Gasteiger partial charge in [-0.1, -0.05) is 19.1 Å². The van der Waals surface area contributed by atoms with E-state index >= 15 is 0 Å². The van der Waals surface area contributed by atoms with E-state index in [1.54, 1.807) is 23.0 Å². The van der Waals surface area contributed by atoms with Gasteiger partial charge >= 0.3 is 0 Å². The van der Waals surface area contributed by atoms with Crippen molar-refractivity contribution in [1.29, 1.82) is 0 Å². The van der Waals surface area contributed by atoms with Crippen LogP contribution in [0.25, 0.3) is 0 Å². The van der Waals surface area contributed by atoms with Gasteiger partial charge < -0.3 is 0 Å². The monoisotopic (exact) mass is 250 g/mol. The highest BCUT2D eigenvalue weighted by atomic mass is 32.1. The summed E-state index contributed by atoms with van der Waals surface area (Å²) >= 11 is 5.05. The van der Waals surface area contributed by atoms with Crippen LogP contribution in [-0.4, -0.2) is 21.1 Å². The second kappa shape index (κ2) is 5.01. The summed E-state index contributed by atoms with van der Waals surface area (Å²) in [6.07, 6.45) is 2.35. The van der Waals surface area contributed by atoms with E-state index in [0.29, 0.717) is 4.77 Å². The largest absolute Gasteiger partial charge is 0.250 e. The third kappa shape index (κ3) is 2.65. The molecule has 0 saturated carbocycles. The fourth-order valence-electron chi connectivity index (χ4n) is 1.35. The van der Waals surface area contributed by atoms with Gasteiger partial charge in [-0.3, -0.25) is 5.10 Å². The Bertz CT molecular complexity index is 582. The van der Waals surface area contributed by atoms with Gasteiger partial charge in [0.1, 0.15) is 5.82 Å². The lowest BCUT2D eigenvalue weighted by Crippen LogP contribution is -1.97. The Kier molecular flexibility index (Phi) is 3.43. The molecule has 1 aromatic heterocycles. The van der Waals surface area contributed by atoms with Crippen molar-refractivity contribution < 1.29 is 4.39 Å². The summed E-state index contributed by atoms with van der Waals surface area (Å²) < 4.78 is 14.7. The third-order valence-corrected chi connectivity index (χ3v) is 2.49. The first kappa shape index (κ1) is 11.7. The summed E-state index contributed by atoms with van der Waals surface area (Å²) in [6.45, 7) is 1.97. The molecule has 0 saturated heterocycles. The smallest absolute Gasteiger partial charge is 0.216 e. The maximum absolute atomic E-state index is 12.7. The van der Waals surface area contributed by atoms with Crippen molar-refractivity contribution in [3.05, 3.63) is 46.2 Å². The van der Waals surface area contributed by atoms with Crippen molar-refractivity contribution in [2.75, 3.05) is 0 Å². The minimum atomic E-state index is -0.267. The van der Waals surface area contributed by atoms with Crippen molar-refractivity contribution in [3.63, 3.8) is 0 Å². The van der Waals surface area contributed by atoms with E-state index in [9.17, 15) is 4.39 Å². The van der Waals surface area contributed by atoms with Crippen LogP contribution in [-0.2, 0) is 6.42 Å². The molecule has 0 spiro atoms. The highest BCUT2D eigenvalue weighted by Crippen LogP contribution is 2.02. The zero-order valence-electron chi connectivity index (χ0n) is 9.22. The van der Waals surface area contributed by atoms with Gasteiger partial charge in [-0.2, -0.15) is 14.9 Å². The predicted octanol–water partition coefficient (Wildman–Crippen LogP) is 2.52. The number of halogens is 1. The average Bonchev–Trinajstić information content (AvgIpc) is 2.69. The standard InChI is InChI=1S/C11H11FN4S/c1-2-10-14-15-11(17)16(10)13-7-8-3-5-9(12)6-4-8/h3-7H,2H2,1H3,(H,15,17). The zero-order chi connectivity index (χ0) is 12.3. The van der Waals surface area contributed by atoms with Crippen LogP contribution < -0.4 is 0 Å². The molecule has 0 fully saturated rings. The number of nitrogens with zero attached hydrogens (tertiary/aromatic N) is 3. The Morgan fingerprint density at radius 1 is 1.47 bits per heavy atom. The SMILES string of the molecule is CCc1n[nH]c(=S)n1N=Cc1ccc(F)cc1. The van der Waals surface area contributed by atoms with Crippen LogP contribution in [0.1, 0.15) is 18.3 Å². The number of hydrogen-bond acceptors (Lipinski definition) is 3. The molecule has 0 radical (unpaired) electrons. The van der Waals surface area contributed by atoms with E-state index in [1.165, 1.54) is 12.1 Å². The van der Waals surface area contributed by atoms with Gasteiger partial charge in [0.15, 0.2) is 5.82 Å². The highest BCUT2D eigenvalue weighted by Gasteiger charge is 2.00. The normalized spacial score (nSPS) is 11.2. The molecular weight excluding hydrogens is 239 g/mol. The lowest BCUT2D eigenvalue weighted by molar-refractivity contribution is 0.628. The minimum absolute atomic E-state index is 0.267. The first-order valence-corrected chi connectivity index (χ1v) is 5.57. The molecule has 0 aliphatic rings. The van der Waals surface area contributed by atoms with Crippen molar-refractivity contribution in [2.45, 2.75) is 13.3 Å². The molecule has 6 heteroatoms. The molecule has 2 aromatic rings. The fourth-order valence-corrected chi connectivity index (χ4v) is 1.54. The summed E-state index contributed by atoms with van der Waals surface area (Å²) in [5, 5.41) is 10.9. The molecule has 88 valence electrons. The number of aromatic nitrogens is 3. The Morgan fingerprint density at radius 2 is 2.18 bits per heavy atom. The van der Waals surface area contributed by atoms with Gasteiger partial charge in [0.2, 0.25) is 4.77 Å². The Labute approximate surface area is 103 Å². The van der Waals surface area contributed by atoms with Crippen LogP contribution in [0, 0.1) is 10.6 Å². The number of nitrogens with one attached hydrogen (secondary N) is 1. The molecule has 0 aliphatic heterocycles. The summed E-state index contributed by atoms with van der Waals surface area (Å²) in [5.41, 5.74) is 0.802. The molecule has 0 amide bonds. The number of hydrogen-bond donors (Lipinski definition) is 1. The number of benzene rings is 1. The lowest BCUT2D eigenvalue weighted by Gasteiger charge is -1.96. The van der Waals surface area contributed by atoms with Crippen molar-refractivity contribution in [3.8, 4) is 0 Å². The third-order valence-electron chi connectivity index (χ3n) is 2.23. The van der Waals surface area contributed by atoms with Crippen LogP contribution in [0.2, 0.25) is 0 Å². The molecule has 0 bridgehead atoms. The maximum Gasteiger partial charge on any atom is 0.216 e. The molecule has 0 aliphatic carbocycles. The van der Waals surface area contributed by atoms with Gasteiger partial charge in [-0.05, 0) is 29.9 Å².